The average Bonchev–Trinajstić information content (AvgIpc) is 3.12. The van der Waals surface area contributed by atoms with E-state index in [1.807, 2.05) is 49.4 Å². The highest BCUT2D eigenvalue weighted by molar-refractivity contribution is 6.24. The van der Waals surface area contributed by atoms with Gasteiger partial charge in [0.15, 0.2) is 11.6 Å². The monoisotopic (exact) mass is 481 g/mol. The van der Waals surface area contributed by atoms with Gasteiger partial charge in [-0.1, -0.05) is 55.0 Å². The van der Waals surface area contributed by atoms with Crippen LogP contribution in [0.25, 0.3) is 10.8 Å². The first-order chi connectivity index (χ1) is 17.3. The summed E-state index contributed by atoms with van der Waals surface area (Å²) < 4.78 is 0. The Hall–Kier alpha value is -3.80. The van der Waals surface area contributed by atoms with Crippen LogP contribution in [0.4, 0.5) is 0 Å². The van der Waals surface area contributed by atoms with Crippen molar-refractivity contribution in [3.8, 4) is 5.75 Å². The topological polar surface area (TPSA) is 91.8 Å². The van der Waals surface area contributed by atoms with E-state index in [-0.39, 0.29) is 41.5 Å². The van der Waals surface area contributed by atoms with Gasteiger partial charge in [0.1, 0.15) is 5.75 Å². The van der Waals surface area contributed by atoms with E-state index in [0.717, 1.165) is 11.0 Å². The number of allylic oxidation sites excluding steroid dienone is 6. The van der Waals surface area contributed by atoms with Gasteiger partial charge in [-0.05, 0) is 43.6 Å². The minimum absolute atomic E-state index is 0.0718. The molecule has 6 nitrogen and oxygen atoms in total. The van der Waals surface area contributed by atoms with Gasteiger partial charge >= 0.3 is 0 Å². The van der Waals surface area contributed by atoms with E-state index >= 15 is 0 Å². The summed E-state index contributed by atoms with van der Waals surface area (Å²) in [5, 5.41) is 12.9. The number of rotatable bonds is 3. The molecule has 0 saturated carbocycles. The highest BCUT2D eigenvalue weighted by Crippen LogP contribution is 2.56. The minimum Gasteiger partial charge on any atom is -0.507 e. The van der Waals surface area contributed by atoms with Crippen LogP contribution in [0.1, 0.15) is 44.6 Å². The Morgan fingerprint density at radius 1 is 1.00 bits per heavy atom. The molecule has 1 N–H and O–H groups in total. The Bertz CT molecular complexity index is 1480. The van der Waals surface area contributed by atoms with Gasteiger partial charge in [-0.2, -0.15) is 0 Å². The van der Waals surface area contributed by atoms with Crippen molar-refractivity contribution in [2.75, 3.05) is 6.54 Å². The molecule has 3 aliphatic carbocycles. The van der Waals surface area contributed by atoms with E-state index < -0.39 is 17.8 Å². The van der Waals surface area contributed by atoms with Crippen molar-refractivity contribution in [1.82, 2.24) is 4.90 Å². The number of hydrogen-bond acceptors (Lipinski definition) is 5. The van der Waals surface area contributed by atoms with Crippen LogP contribution in [0, 0.1) is 17.8 Å². The number of aromatic hydroxyl groups is 1. The van der Waals surface area contributed by atoms with Crippen LogP contribution < -0.4 is 0 Å². The number of phenols is 1. The molecular formula is C30H27NO5. The van der Waals surface area contributed by atoms with Gasteiger partial charge in [0.05, 0.1) is 11.8 Å². The number of amides is 2. The van der Waals surface area contributed by atoms with Gasteiger partial charge < -0.3 is 5.11 Å². The molecule has 0 radical (unpaired) electrons. The van der Waals surface area contributed by atoms with E-state index in [9.17, 15) is 24.3 Å². The van der Waals surface area contributed by atoms with Gasteiger partial charge in [0, 0.05) is 40.1 Å². The summed E-state index contributed by atoms with van der Waals surface area (Å²) in [6.07, 6.45) is 4.70. The van der Waals surface area contributed by atoms with Crippen molar-refractivity contribution in [2.45, 2.75) is 39.0 Å². The molecule has 4 aliphatic rings. The lowest BCUT2D eigenvalue weighted by molar-refractivity contribution is -0.140. The second kappa shape index (κ2) is 8.12. The lowest BCUT2D eigenvalue weighted by atomic mass is 9.59. The van der Waals surface area contributed by atoms with Gasteiger partial charge in [0.25, 0.3) is 0 Å². The molecular weight excluding hydrogens is 454 g/mol. The molecule has 1 aliphatic heterocycles. The molecule has 0 spiro atoms. The lowest BCUT2D eigenvalue weighted by Gasteiger charge is -2.42. The van der Waals surface area contributed by atoms with Crippen molar-refractivity contribution in [2.24, 2.45) is 17.8 Å². The Morgan fingerprint density at radius 3 is 2.56 bits per heavy atom. The number of phenolic OH excluding ortho intramolecular Hbond substituents is 1. The number of carbonyl (C=O) groups excluding carboxylic acids is 4. The van der Waals surface area contributed by atoms with Crippen molar-refractivity contribution < 1.29 is 24.3 Å². The third-order valence-electron chi connectivity index (χ3n) is 8.35. The van der Waals surface area contributed by atoms with Crippen LogP contribution in [0.5, 0.6) is 5.75 Å². The lowest BCUT2D eigenvalue weighted by Crippen LogP contribution is -2.39. The summed E-state index contributed by atoms with van der Waals surface area (Å²) in [6, 6.07) is 11.2. The van der Waals surface area contributed by atoms with Gasteiger partial charge in [-0.3, -0.25) is 24.1 Å². The molecule has 1 saturated heterocycles. The summed E-state index contributed by atoms with van der Waals surface area (Å²) in [7, 11) is 0. The number of carbonyl (C=O) groups is 4. The first-order valence-corrected chi connectivity index (χ1v) is 12.6. The van der Waals surface area contributed by atoms with Crippen molar-refractivity contribution >= 4 is 34.2 Å². The van der Waals surface area contributed by atoms with E-state index in [0.29, 0.717) is 47.1 Å². The van der Waals surface area contributed by atoms with Gasteiger partial charge in [-0.25, -0.2) is 0 Å². The van der Waals surface area contributed by atoms with Crippen LogP contribution in [-0.4, -0.2) is 39.9 Å². The molecule has 4 atom stereocenters. The Balaban J connectivity index is 1.56. The molecule has 2 aromatic rings. The third kappa shape index (κ3) is 3.03. The standard InChI is InChI=1S/C30H27NO5/c1-3-12-31-29(35)20-11-10-18-21(25(20)30(31)36)14-22-23(32)13-15(2)27(33)26(22)24(18)19-9-8-16-6-4-5-7-17(16)28(19)34/h4-10,13,20-21,24-25,34H,3,11-12,14H2,1-2H3/t20-,21+,24+,25-/m0/s1. The average molecular weight is 482 g/mol. The molecule has 2 amide bonds. The molecule has 182 valence electrons. The molecule has 0 aromatic heterocycles. The number of fused-ring (bicyclic) bond motifs is 4. The van der Waals surface area contributed by atoms with Gasteiger partial charge in [-0.15, -0.1) is 0 Å². The Morgan fingerprint density at radius 2 is 1.78 bits per heavy atom. The number of likely N-dealkylation sites (tertiary alicyclic amines) is 1. The summed E-state index contributed by atoms with van der Waals surface area (Å²) in [5.41, 5.74) is 2.58. The minimum atomic E-state index is -0.646. The molecule has 2 aromatic carbocycles. The van der Waals surface area contributed by atoms with E-state index in [1.165, 1.54) is 11.0 Å². The maximum absolute atomic E-state index is 13.5. The number of imide groups is 1. The smallest absolute Gasteiger partial charge is 0.233 e. The second-order valence-electron chi connectivity index (χ2n) is 10.3. The summed E-state index contributed by atoms with van der Waals surface area (Å²) in [5.74, 6) is -2.71. The maximum atomic E-state index is 13.5. The zero-order valence-electron chi connectivity index (χ0n) is 20.3. The summed E-state index contributed by atoms with van der Waals surface area (Å²) >= 11 is 0. The van der Waals surface area contributed by atoms with Crippen LogP contribution in [0.3, 0.4) is 0 Å². The SMILES string of the molecule is CCCN1C(=O)[C@H]2[C@H](CC=C3[C@H](c4ccc5ccccc5c4O)C4=C(C[C@H]32)C(=O)C=C(C)C4=O)C1=O. The fraction of sp³-hybridized carbons (Fsp3) is 0.333. The van der Waals surface area contributed by atoms with E-state index in [1.54, 1.807) is 6.92 Å². The van der Waals surface area contributed by atoms with Crippen LogP contribution in [0.2, 0.25) is 0 Å². The predicted molar refractivity (Wildman–Crippen MR) is 134 cm³/mol. The number of Topliss-reactive ketones (excluding diaryl/α,β-unsaturated/α-hetero) is 1. The molecule has 36 heavy (non-hydrogen) atoms. The molecule has 6 rings (SSSR count). The largest absolute Gasteiger partial charge is 0.507 e. The normalized spacial score (nSPS) is 27.7. The number of benzene rings is 2. The highest BCUT2D eigenvalue weighted by atomic mass is 16.3. The zero-order valence-corrected chi connectivity index (χ0v) is 20.3. The van der Waals surface area contributed by atoms with Gasteiger partial charge in [0.2, 0.25) is 11.8 Å². The first-order valence-electron chi connectivity index (χ1n) is 12.6. The van der Waals surface area contributed by atoms with E-state index in [2.05, 4.69) is 0 Å². The molecule has 6 heteroatoms. The maximum Gasteiger partial charge on any atom is 0.233 e. The predicted octanol–water partition coefficient (Wildman–Crippen LogP) is 4.38. The van der Waals surface area contributed by atoms with Crippen LogP contribution in [0.15, 0.2) is 70.8 Å². The molecule has 1 fully saturated rings. The number of ketones is 2. The summed E-state index contributed by atoms with van der Waals surface area (Å²) in [6.45, 7) is 3.96. The number of nitrogens with zero attached hydrogens (tertiary/aromatic N) is 1. The zero-order chi connectivity index (χ0) is 25.3. The fourth-order valence-electron chi connectivity index (χ4n) is 6.73. The van der Waals surface area contributed by atoms with Crippen LogP contribution in [-0.2, 0) is 19.2 Å². The number of hydrogen-bond donors (Lipinski definition) is 1. The molecule has 1 heterocycles. The third-order valence-corrected chi connectivity index (χ3v) is 8.35. The van der Waals surface area contributed by atoms with Crippen molar-refractivity contribution in [1.29, 1.82) is 0 Å². The highest BCUT2D eigenvalue weighted by Gasteiger charge is 2.56. The Labute approximate surface area is 209 Å². The summed E-state index contributed by atoms with van der Waals surface area (Å²) in [4.78, 5) is 54.7. The van der Waals surface area contributed by atoms with Crippen molar-refractivity contribution in [3.63, 3.8) is 0 Å². The van der Waals surface area contributed by atoms with Crippen molar-refractivity contribution in [3.05, 3.63) is 76.4 Å². The molecule has 0 bridgehead atoms. The second-order valence-corrected chi connectivity index (χ2v) is 10.3. The molecule has 0 unspecified atom stereocenters. The fourth-order valence-corrected chi connectivity index (χ4v) is 6.73. The quantitative estimate of drug-likeness (QED) is 0.399. The Kier molecular flexibility index (Phi) is 5.11. The first kappa shape index (κ1) is 22.7. The van der Waals surface area contributed by atoms with E-state index in [4.69, 9.17) is 0 Å². The van der Waals surface area contributed by atoms with Crippen LogP contribution >= 0.6 is 0 Å².